The van der Waals surface area contributed by atoms with Crippen molar-refractivity contribution in [1.82, 2.24) is 4.90 Å². The molecule has 1 N–H and O–H groups in total. The van der Waals surface area contributed by atoms with E-state index in [0.717, 1.165) is 5.56 Å². The molecule has 0 aromatic heterocycles. The van der Waals surface area contributed by atoms with Gasteiger partial charge < -0.3 is 5.11 Å². The van der Waals surface area contributed by atoms with Crippen LogP contribution in [0.25, 0.3) is 0 Å². The summed E-state index contributed by atoms with van der Waals surface area (Å²) >= 11 is 0. The van der Waals surface area contributed by atoms with Crippen LogP contribution in [-0.4, -0.2) is 24.1 Å². The molecule has 0 aliphatic rings. The van der Waals surface area contributed by atoms with Crippen molar-refractivity contribution in [3.63, 3.8) is 0 Å². The van der Waals surface area contributed by atoms with Gasteiger partial charge in [-0.25, -0.2) is 0 Å². The lowest BCUT2D eigenvalue weighted by Gasteiger charge is -2.34. The van der Waals surface area contributed by atoms with Crippen molar-refractivity contribution in [2.24, 2.45) is 0 Å². The van der Waals surface area contributed by atoms with Gasteiger partial charge in [0, 0.05) is 0 Å². The Hall–Kier alpha value is -0.860. The molecule has 0 unspecified atom stereocenters. The summed E-state index contributed by atoms with van der Waals surface area (Å²) in [7, 11) is 3.77. The van der Waals surface area contributed by atoms with Crippen LogP contribution in [0.5, 0.6) is 0 Å². The van der Waals surface area contributed by atoms with Crippen LogP contribution in [0.4, 0.5) is 0 Å². The van der Waals surface area contributed by atoms with Gasteiger partial charge in [0.1, 0.15) is 5.72 Å². The number of nitrogens with zero attached hydrogens (tertiary/aromatic N) is 1. The minimum absolute atomic E-state index is 0.685. The molecule has 2 nitrogen and oxygen atoms in total. The molecule has 0 saturated heterocycles. The Morgan fingerprint density at radius 2 is 1.77 bits per heavy atom. The zero-order valence-corrected chi connectivity index (χ0v) is 8.49. The average Bonchev–Trinajstić information content (AvgIpc) is 2.17. The van der Waals surface area contributed by atoms with E-state index in [1.807, 2.05) is 56.3 Å². The summed E-state index contributed by atoms with van der Waals surface area (Å²) in [5, 5.41) is 10.3. The number of hydrogen-bond acceptors (Lipinski definition) is 2. The van der Waals surface area contributed by atoms with E-state index >= 15 is 0 Å². The smallest absolute Gasteiger partial charge is 0.143 e. The fraction of sp³-hybridized carbons (Fsp3) is 0.455. The molecule has 0 fully saturated rings. The summed E-state index contributed by atoms with van der Waals surface area (Å²) in [6, 6.07) is 9.74. The molecule has 0 heterocycles. The summed E-state index contributed by atoms with van der Waals surface area (Å²) < 4.78 is 0. The summed E-state index contributed by atoms with van der Waals surface area (Å²) in [4.78, 5) is 1.84. The molecule has 2 heteroatoms. The topological polar surface area (TPSA) is 23.5 Å². The normalized spacial score (nSPS) is 15.8. The number of aliphatic hydroxyl groups is 1. The Labute approximate surface area is 79.8 Å². The highest BCUT2D eigenvalue weighted by molar-refractivity contribution is 5.21. The van der Waals surface area contributed by atoms with E-state index in [0.29, 0.717) is 6.42 Å². The van der Waals surface area contributed by atoms with Crippen LogP contribution < -0.4 is 0 Å². The fourth-order valence-corrected chi connectivity index (χ4v) is 1.48. The molecular weight excluding hydrogens is 162 g/mol. The van der Waals surface area contributed by atoms with E-state index < -0.39 is 5.72 Å². The average molecular weight is 179 g/mol. The monoisotopic (exact) mass is 179 g/mol. The van der Waals surface area contributed by atoms with Crippen LogP contribution in [0, 0.1) is 0 Å². The third kappa shape index (κ3) is 1.90. The van der Waals surface area contributed by atoms with Crippen LogP contribution in [0.1, 0.15) is 18.9 Å². The van der Waals surface area contributed by atoms with Crippen molar-refractivity contribution in [3.8, 4) is 0 Å². The lowest BCUT2D eigenvalue weighted by atomic mass is 9.99. The van der Waals surface area contributed by atoms with Crippen LogP contribution in [0.3, 0.4) is 0 Å². The predicted molar refractivity (Wildman–Crippen MR) is 54.3 cm³/mol. The fourth-order valence-electron chi connectivity index (χ4n) is 1.48. The van der Waals surface area contributed by atoms with Crippen molar-refractivity contribution < 1.29 is 5.11 Å². The van der Waals surface area contributed by atoms with Crippen molar-refractivity contribution in [2.75, 3.05) is 14.1 Å². The van der Waals surface area contributed by atoms with Gasteiger partial charge >= 0.3 is 0 Å². The second-order valence-electron chi connectivity index (χ2n) is 3.43. The third-order valence-electron chi connectivity index (χ3n) is 2.47. The molecule has 0 amide bonds. The molecule has 0 aliphatic heterocycles. The van der Waals surface area contributed by atoms with Gasteiger partial charge in [0.2, 0.25) is 0 Å². The molecule has 1 rings (SSSR count). The highest BCUT2D eigenvalue weighted by Crippen LogP contribution is 2.26. The number of hydrogen-bond donors (Lipinski definition) is 1. The maximum Gasteiger partial charge on any atom is 0.143 e. The first-order valence-electron chi connectivity index (χ1n) is 4.56. The van der Waals surface area contributed by atoms with Crippen LogP contribution in [-0.2, 0) is 5.72 Å². The molecule has 0 aliphatic carbocycles. The predicted octanol–water partition coefficient (Wildman–Crippen LogP) is 1.80. The molecule has 13 heavy (non-hydrogen) atoms. The maximum absolute atomic E-state index is 10.3. The number of benzene rings is 1. The largest absolute Gasteiger partial charge is 0.371 e. The minimum Gasteiger partial charge on any atom is -0.371 e. The van der Waals surface area contributed by atoms with E-state index in [2.05, 4.69) is 0 Å². The van der Waals surface area contributed by atoms with E-state index in [-0.39, 0.29) is 0 Å². The second kappa shape index (κ2) is 3.90. The number of rotatable bonds is 3. The summed E-state index contributed by atoms with van der Waals surface area (Å²) in [5.41, 5.74) is 0.115. The minimum atomic E-state index is -0.832. The van der Waals surface area contributed by atoms with E-state index in [9.17, 15) is 5.11 Å². The molecule has 1 atom stereocenters. The maximum atomic E-state index is 10.3. The summed E-state index contributed by atoms with van der Waals surface area (Å²) in [5.74, 6) is 0. The summed E-state index contributed by atoms with van der Waals surface area (Å²) in [6.45, 7) is 1.98. The molecule has 0 bridgehead atoms. The van der Waals surface area contributed by atoms with E-state index in [4.69, 9.17) is 0 Å². The van der Waals surface area contributed by atoms with Crippen molar-refractivity contribution in [2.45, 2.75) is 19.1 Å². The van der Waals surface area contributed by atoms with Gasteiger partial charge in [-0.3, -0.25) is 4.90 Å². The van der Waals surface area contributed by atoms with Crippen LogP contribution in [0.15, 0.2) is 30.3 Å². The summed E-state index contributed by atoms with van der Waals surface area (Å²) in [6.07, 6.45) is 0.685. The Morgan fingerprint density at radius 1 is 1.23 bits per heavy atom. The molecule has 0 spiro atoms. The molecule has 0 saturated carbocycles. The van der Waals surface area contributed by atoms with Gasteiger partial charge in [-0.15, -0.1) is 0 Å². The van der Waals surface area contributed by atoms with Crippen LogP contribution >= 0.6 is 0 Å². The quantitative estimate of drug-likeness (QED) is 0.715. The van der Waals surface area contributed by atoms with Gasteiger partial charge in [0.15, 0.2) is 0 Å². The first-order chi connectivity index (χ1) is 6.11. The molecule has 1 aromatic rings. The van der Waals surface area contributed by atoms with Crippen LogP contribution in [0.2, 0.25) is 0 Å². The molecular formula is C11H17NO. The first kappa shape index (κ1) is 10.2. The first-order valence-corrected chi connectivity index (χ1v) is 4.56. The Morgan fingerprint density at radius 3 is 2.15 bits per heavy atom. The zero-order chi connectivity index (χ0) is 9.90. The van der Waals surface area contributed by atoms with E-state index in [1.54, 1.807) is 0 Å². The van der Waals surface area contributed by atoms with Gasteiger partial charge in [0.05, 0.1) is 0 Å². The van der Waals surface area contributed by atoms with Crippen molar-refractivity contribution >= 4 is 0 Å². The SMILES string of the molecule is CC[C@@](O)(c1ccccc1)N(C)C. The lowest BCUT2D eigenvalue weighted by molar-refractivity contribution is -0.0922. The lowest BCUT2D eigenvalue weighted by Crippen LogP contribution is -2.40. The second-order valence-corrected chi connectivity index (χ2v) is 3.43. The van der Waals surface area contributed by atoms with Gasteiger partial charge in [-0.2, -0.15) is 0 Å². The molecule has 1 aromatic carbocycles. The van der Waals surface area contributed by atoms with Crippen molar-refractivity contribution in [1.29, 1.82) is 0 Å². The highest BCUT2D eigenvalue weighted by Gasteiger charge is 2.28. The Bertz CT molecular complexity index is 258. The molecule has 72 valence electrons. The van der Waals surface area contributed by atoms with E-state index in [1.165, 1.54) is 0 Å². The third-order valence-corrected chi connectivity index (χ3v) is 2.47. The van der Waals surface area contributed by atoms with Crippen molar-refractivity contribution in [3.05, 3.63) is 35.9 Å². The van der Waals surface area contributed by atoms with Gasteiger partial charge in [-0.05, 0) is 26.1 Å². The van der Waals surface area contributed by atoms with Gasteiger partial charge in [-0.1, -0.05) is 37.3 Å². The Balaban J connectivity index is 3.03. The Kier molecular flexibility index (Phi) is 3.07. The standard InChI is InChI=1S/C11H17NO/c1-4-11(13,12(2)3)10-8-6-5-7-9-10/h5-9,13H,4H2,1-3H3/t11-/m1/s1. The molecule has 0 radical (unpaired) electrons. The zero-order valence-electron chi connectivity index (χ0n) is 8.49. The van der Waals surface area contributed by atoms with Gasteiger partial charge in [0.25, 0.3) is 0 Å². The highest BCUT2D eigenvalue weighted by atomic mass is 16.3.